The first-order valence-corrected chi connectivity index (χ1v) is 10.7. The Labute approximate surface area is 190 Å². The standard InChI is InChI=1S/C26H22N4O3/c1-3-32-20-14-12-19(13-15-20)25-27-23(33-29-25)16-30-26(31)22-7-5-4-6-21(22)24(28-30)18-10-8-17(2)9-11-18/h4-15H,3,16H2,1-2H3. The molecule has 7 nitrogen and oxygen atoms in total. The molecular formula is C26H22N4O3. The van der Waals surface area contributed by atoms with Crippen LogP contribution in [-0.2, 0) is 6.54 Å². The third kappa shape index (κ3) is 4.13. The van der Waals surface area contributed by atoms with Crippen molar-refractivity contribution in [1.29, 1.82) is 0 Å². The number of aryl methyl sites for hydroxylation is 1. The second kappa shape index (κ2) is 8.70. The van der Waals surface area contributed by atoms with Gasteiger partial charge >= 0.3 is 0 Å². The van der Waals surface area contributed by atoms with Gasteiger partial charge < -0.3 is 9.26 Å². The van der Waals surface area contributed by atoms with E-state index in [0.717, 1.165) is 33.5 Å². The van der Waals surface area contributed by atoms with Gasteiger partial charge in [-0.1, -0.05) is 53.2 Å². The summed E-state index contributed by atoms with van der Waals surface area (Å²) in [5, 5.41) is 10.1. The van der Waals surface area contributed by atoms with Crippen LogP contribution in [0.3, 0.4) is 0 Å². The predicted molar refractivity (Wildman–Crippen MR) is 126 cm³/mol. The molecule has 2 aromatic heterocycles. The van der Waals surface area contributed by atoms with Gasteiger partial charge in [0.2, 0.25) is 11.7 Å². The Kier molecular flexibility index (Phi) is 5.44. The van der Waals surface area contributed by atoms with Crippen LogP contribution < -0.4 is 10.3 Å². The Balaban J connectivity index is 1.51. The van der Waals surface area contributed by atoms with Crippen molar-refractivity contribution >= 4 is 10.8 Å². The number of hydrogen-bond acceptors (Lipinski definition) is 6. The van der Waals surface area contributed by atoms with Crippen LogP contribution in [-0.4, -0.2) is 26.5 Å². The first-order valence-electron chi connectivity index (χ1n) is 10.7. The highest BCUT2D eigenvalue weighted by Crippen LogP contribution is 2.25. The molecule has 3 aromatic carbocycles. The number of aromatic nitrogens is 4. The van der Waals surface area contributed by atoms with E-state index in [1.165, 1.54) is 4.68 Å². The summed E-state index contributed by atoms with van der Waals surface area (Å²) >= 11 is 0. The molecule has 164 valence electrons. The molecule has 0 amide bonds. The van der Waals surface area contributed by atoms with Crippen LogP contribution in [0, 0.1) is 6.92 Å². The zero-order valence-corrected chi connectivity index (χ0v) is 18.4. The SMILES string of the molecule is CCOc1ccc(-c2noc(Cn3nc(-c4ccc(C)cc4)c4ccccc4c3=O)n2)cc1. The molecule has 0 radical (unpaired) electrons. The third-order valence-corrected chi connectivity index (χ3v) is 5.37. The smallest absolute Gasteiger partial charge is 0.275 e. The number of ether oxygens (including phenoxy) is 1. The van der Waals surface area contributed by atoms with E-state index in [4.69, 9.17) is 9.26 Å². The monoisotopic (exact) mass is 438 g/mol. The molecule has 0 atom stereocenters. The van der Waals surface area contributed by atoms with Crippen molar-refractivity contribution in [3.63, 3.8) is 0 Å². The maximum Gasteiger partial charge on any atom is 0.275 e. The number of hydrogen-bond donors (Lipinski definition) is 0. The third-order valence-electron chi connectivity index (χ3n) is 5.37. The molecule has 0 aliphatic heterocycles. The number of rotatable bonds is 6. The minimum absolute atomic E-state index is 0.0760. The average molecular weight is 438 g/mol. The van der Waals surface area contributed by atoms with Crippen LogP contribution >= 0.6 is 0 Å². The Hall–Kier alpha value is -4.26. The summed E-state index contributed by atoms with van der Waals surface area (Å²) in [6.45, 7) is 4.65. The van der Waals surface area contributed by atoms with Crippen molar-refractivity contribution < 1.29 is 9.26 Å². The van der Waals surface area contributed by atoms with Crippen LogP contribution in [0.4, 0.5) is 0 Å². The molecule has 33 heavy (non-hydrogen) atoms. The van der Waals surface area contributed by atoms with Crippen molar-refractivity contribution in [3.05, 3.63) is 94.6 Å². The molecule has 0 saturated carbocycles. The maximum absolute atomic E-state index is 13.1. The highest BCUT2D eigenvalue weighted by atomic mass is 16.5. The van der Waals surface area contributed by atoms with E-state index in [2.05, 4.69) is 15.2 Å². The molecule has 7 heteroatoms. The fourth-order valence-electron chi connectivity index (χ4n) is 3.70. The molecule has 0 fully saturated rings. The van der Waals surface area contributed by atoms with Gasteiger partial charge in [-0.15, -0.1) is 0 Å². The minimum Gasteiger partial charge on any atom is -0.494 e. The molecule has 5 rings (SSSR count). The van der Waals surface area contributed by atoms with Crippen molar-refractivity contribution in [2.24, 2.45) is 0 Å². The van der Waals surface area contributed by atoms with E-state index in [9.17, 15) is 4.79 Å². The van der Waals surface area contributed by atoms with Gasteiger partial charge in [-0.2, -0.15) is 10.1 Å². The van der Waals surface area contributed by atoms with Gasteiger partial charge in [0.1, 0.15) is 12.3 Å². The lowest BCUT2D eigenvalue weighted by Gasteiger charge is -2.10. The van der Waals surface area contributed by atoms with E-state index in [-0.39, 0.29) is 12.1 Å². The summed E-state index contributed by atoms with van der Waals surface area (Å²) in [5.74, 6) is 1.53. The molecule has 0 aliphatic carbocycles. The maximum atomic E-state index is 13.1. The van der Waals surface area contributed by atoms with E-state index in [1.54, 1.807) is 0 Å². The Morgan fingerprint density at radius 2 is 1.61 bits per heavy atom. The van der Waals surface area contributed by atoms with E-state index >= 15 is 0 Å². The molecule has 5 aromatic rings. The zero-order chi connectivity index (χ0) is 22.8. The fraction of sp³-hybridized carbons (Fsp3) is 0.154. The predicted octanol–water partition coefficient (Wildman–Crippen LogP) is 4.87. The first kappa shape index (κ1) is 20.6. The van der Waals surface area contributed by atoms with Crippen LogP contribution in [0.15, 0.2) is 82.1 Å². The minimum atomic E-state index is -0.206. The van der Waals surface area contributed by atoms with Crippen LogP contribution in [0.5, 0.6) is 5.75 Å². The van der Waals surface area contributed by atoms with Crippen LogP contribution in [0.1, 0.15) is 18.4 Å². The summed E-state index contributed by atoms with van der Waals surface area (Å²) in [5.41, 5.74) is 3.42. The average Bonchev–Trinajstić information content (AvgIpc) is 3.31. The lowest BCUT2D eigenvalue weighted by atomic mass is 10.0. The number of fused-ring (bicyclic) bond motifs is 1. The lowest BCUT2D eigenvalue weighted by Crippen LogP contribution is -2.24. The van der Waals surface area contributed by atoms with E-state index < -0.39 is 0 Å². The zero-order valence-electron chi connectivity index (χ0n) is 18.4. The number of benzene rings is 3. The molecule has 0 saturated heterocycles. The van der Waals surface area contributed by atoms with E-state index in [0.29, 0.717) is 23.7 Å². The summed E-state index contributed by atoms with van der Waals surface area (Å²) in [6, 6.07) is 23.0. The van der Waals surface area contributed by atoms with Gasteiger partial charge in [-0.25, -0.2) is 4.68 Å². The molecule has 0 unspecified atom stereocenters. The summed E-state index contributed by atoms with van der Waals surface area (Å²) < 4.78 is 12.3. The first-order chi connectivity index (χ1) is 16.1. The van der Waals surface area contributed by atoms with Crippen molar-refractivity contribution in [3.8, 4) is 28.4 Å². The van der Waals surface area contributed by atoms with E-state index in [1.807, 2.05) is 86.6 Å². The van der Waals surface area contributed by atoms with Gasteiger partial charge in [0.15, 0.2) is 0 Å². The Morgan fingerprint density at radius 3 is 2.33 bits per heavy atom. The molecular weight excluding hydrogens is 416 g/mol. The summed E-state index contributed by atoms with van der Waals surface area (Å²) in [4.78, 5) is 17.6. The topological polar surface area (TPSA) is 83.0 Å². The molecule has 0 spiro atoms. The highest BCUT2D eigenvalue weighted by molar-refractivity contribution is 5.93. The quantitative estimate of drug-likeness (QED) is 0.376. The highest BCUT2D eigenvalue weighted by Gasteiger charge is 2.15. The summed E-state index contributed by atoms with van der Waals surface area (Å²) in [7, 11) is 0. The van der Waals surface area contributed by atoms with Crippen molar-refractivity contribution in [2.45, 2.75) is 20.4 Å². The summed E-state index contributed by atoms with van der Waals surface area (Å²) in [6.07, 6.45) is 0. The Morgan fingerprint density at radius 1 is 0.909 bits per heavy atom. The van der Waals surface area contributed by atoms with Gasteiger partial charge in [-0.3, -0.25) is 4.79 Å². The van der Waals surface area contributed by atoms with Crippen LogP contribution in [0.2, 0.25) is 0 Å². The molecule has 0 N–H and O–H groups in total. The molecule has 2 heterocycles. The van der Waals surface area contributed by atoms with Crippen molar-refractivity contribution in [1.82, 2.24) is 19.9 Å². The second-order valence-corrected chi connectivity index (χ2v) is 7.69. The Bertz CT molecular complexity index is 1470. The van der Waals surface area contributed by atoms with Crippen molar-refractivity contribution in [2.75, 3.05) is 6.61 Å². The molecule has 0 bridgehead atoms. The normalized spacial score (nSPS) is 11.1. The largest absolute Gasteiger partial charge is 0.494 e. The lowest BCUT2D eigenvalue weighted by molar-refractivity contribution is 0.340. The van der Waals surface area contributed by atoms with Gasteiger partial charge in [0.05, 0.1) is 17.7 Å². The van der Waals surface area contributed by atoms with Crippen LogP contribution in [0.25, 0.3) is 33.4 Å². The second-order valence-electron chi connectivity index (χ2n) is 7.69. The number of nitrogens with zero attached hydrogens (tertiary/aromatic N) is 4. The molecule has 0 aliphatic rings. The van der Waals surface area contributed by atoms with Gasteiger partial charge in [0.25, 0.3) is 5.56 Å². The van der Waals surface area contributed by atoms with Gasteiger partial charge in [-0.05, 0) is 44.2 Å². The fourth-order valence-corrected chi connectivity index (χ4v) is 3.70. The van der Waals surface area contributed by atoms with Gasteiger partial charge in [0, 0.05) is 16.5 Å².